The number of nitrogens with two attached hydrogens (primary N) is 1. The first-order valence-corrected chi connectivity index (χ1v) is 6.54. The summed E-state index contributed by atoms with van der Waals surface area (Å²) in [6.45, 7) is 2.51. The van der Waals surface area contributed by atoms with Gasteiger partial charge in [-0.05, 0) is 32.2 Å². The summed E-state index contributed by atoms with van der Waals surface area (Å²) in [5.41, 5.74) is 5.03. The van der Waals surface area contributed by atoms with Crippen molar-refractivity contribution in [1.29, 1.82) is 0 Å². The minimum absolute atomic E-state index is 0.0248. The lowest BCUT2D eigenvalue weighted by Gasteiger charge is -2.23. The molecule has 6 heteroatoms. The summed E-state index contributed by atoms with van der Waals surface area (Å²) in [4.78, 5) is 22.1. The largest absolute Gasteiger partial charge is 0.381 e. The zero-order chi connectivity index (χ0) is 13.2. The molecule has 0 radical (unpaired) electrons. The van der Waals surface area contributed by atoms with E-state index in [0.29, 0.717) is 13.0 Å². The van der Waals surface area contributed by atoms with Gasteiger partial charge in [-0.3, -0.25) is 9.59 Å². The SMILES string of the molecule is NC(=O)CCCCNCC(=O)NC1CCOCC1. The van der Waals surface area contributed by atoms with Gasteiger partial charge in [0.25, 0.3) is 0 Å². The Morgan fingerprint density at radius 1 is 1.22 bits per heavy atom. The van der Waals surface area contributed by atoms with Crippen LogP contribution in [0.5, 0.6) is 0 Å². The van der Waals surface area contributed by atoms with E-state index >= 15 is 0 Å². The van der Waals surface area contributed by atoms with E-state index in [4.69, 9.17) is 10.5 Å². The molecule has 1 heterocycles. The molecule has 0 bridgehead atoms. The number of hydrogen-bond donors (Lipinski definition) is 3. The number of carbonyl (C=O) groups excluding carboxylic acids is 2. The third kappa shape index (κ3) is 7.24. The summed E-state index contributed by atoms with van der Waals surface area (Å²) in [6, 6.07) is 0.253. The van der Waals surface area contributed by atoms with E-state index in [1.807, 2.05) is 0 Å². The number of amides is 2. The van der Waals surface area contributed by atoms with E-state index in [1.165, 1.54) is 0 Å². The number of nitrogens with one attached hydrogen (secondary N) is 2. The minimum Gasteiger partial charge on any atom is -0.381 e. The molecule has 104 valence electrons. The quantitative estimate of drug-likeness (QED) is 0.512. The third-order valence-corrected chi connectivity index (χ3v) is 2.90. The van der Waals surface area contributed by atoms with Crippen LogP contribution in [-0.4, -0.2) is 44.2 Å². The molecule has 0 saturated carbocycles. The minimum atomic E-state index is -0.271. The van der Waals surface area contributed by atoms with Gasteiger partial charge in [0.05, 0.1) is 6.54 Å². The molecular weight excluding hydrogens is 234 g/mol. The molecule has 0 aromatic rings. The lowest BCUT2D eigenvalue weighted by Crippen LogP contribution is -2.43. The highest BCUT2D eigenvalue weighted by Gasteiger charge is 2.15. The second-order valence-electron chi connectivity index (χ2n) is 4.55. The Labute approximate surface area is 108 Å². The number of rotatable bonds is 8. The highest BCUT2D eigenvalue weighted by molar-refractivity contribution is 5.78. The maximum absolute atomic E-state index is 11.6. The van der Waals surface area contributed by atoms with Crippen molar-refractivity contribution in [2.75, 3.05) is 26.3 Å². The Morgan fingerprint density at radius 2 is 1.94 bits per heavy atom. The van der Waals surface area contributed by atoms with E-state index in [-0.39, 0.29) is 17.9 Å². The number of ether oxygens (including phenoxy) is 1. The van der Waals surface area contributed by atoms with Crippen LogP contribution < -0.4 is 16.4 Å². The van der Waals surface area contributed by atoms with Gasteiger partial charge in [0.15, 0.2) is 0 Å². The molecule has 0 spiro atoms. The fourth-order valence-electron chi connectivity index (χ4n) is 1.87. The first-order chi connectivity index (χ1) is 8.68. The van der Waals surface area contributed by atoms with Crippen molar-refractivity contribution >= 4 is 11.8 Å². The molecule has 1 fully saturated rings. The van der Waals surface area contributed by atoms with E-state index in [9.17, 15) is 9.59 Å². The van der Waals surface area contributed by atoms with Crippen LogP contribution in [0.4, 0.5) is 0 Å². The van der Waals surface area contributed by atoms with Crippen molar-refractivity contribution in [2.45, 2.75) is 38.1 Å². The fraction of sp³-hybridized carbons (Fsp3) is 0.833. The Morgan fingerprint density at radius 3 is 2.61 bits per heavy atom. The first-order valence-electron chi connectivity index (χ1n) is 6.54. The Balaban J connectivity index is 1.94. The van der Waals surface area contributed by atoms with Crippen LogP contribution in [0.1, 0.15) is 32.1 Å². The highest BCUT2D eigenvalue weighted by Crippen LogP contribution is 2.05. The number of carbonyl (C=O) groups is 2. The average Bonchev–Trinajstić information content (AvgIpc) is 2.34. The van der Waals surface area contributed by atoms with Gasteiger partial charge in [-0.25, -0.2) is 0 Å². The van der Waals surface area contributed by atoms with Gasteiger partial charge in [0, 0.05) is 25.7 Å². The second-order valence-corrected chi connectivity index (χ2v) is 4.55. The van der Waals surface area contributed by atoms with Crippen molar-refractivity contribution in [2.24, 2.45) is 5.73 Å². The normalized spacial score (nSPS) is 16.4. The van der Waals surface area contributed by atoms with E-state index in [0.717, 1.165) is 45.4 Å². The Kier molecular flexibility index (Phi) is 7.36. The summed E-state index contributed by atoms with van der Waals surface area (Å²) in [6.07, 6.45) is 3.82. The standard InChI is InChI=1S/C12H23N3O3/c13-11(16)3-1-2-6-14-9-12(17)15-10-4-7-18-8-5-10/h10,14H,1-9H2,(H2,13,16)(H,15,17). The monoisotopic (exact) mass is 257 g/mol. The molecule has 1 saturated heterocycles. The van der Waals surface area contributed by atoms with Crippen LogP contribution in [0.2, 0.25) is 0 Å². The van der Waals surface area contributed by atoms with Gasteiger partial charge in [-0.15, -0.1) is 0 Å². The Hall–Kier alpha value is -1.14. The average molecular weight is 257 g/mol. The molecule has 6 nitrogen and oxygen atoms in total. The van der Waals surface area contributed by atoms with Crippen LogP contribution in [0.25, 0.3) is 0 Å². The smallest absolute Gasteiger partial charge is 0.234 e. The summed E-state index contributed by atoms with van der Waals surface area (Å²) >= 11 is 0. The van der Waals surface area contributed by atoms with Crippen molar-refractivity contribution in [3.8, 4) is 0 Å². The molecule has 1 aliphatic rings. The zero-order valence-electron chi connectivity index (χ0n) is 10.7. The van der Waals surface area contributed by atoms with Crippen molar-refractivity contribution < 1.29 is 14.3 Å². The fourth-order valence-corrected chi connectivity index (χ4v) is 1.87. The number of hydrogen-bond acceptors (Lipinski definition) is 4. The van der Waals surface area contributed by atoms with E-state index in [2.05, 4.69) is 10.6 Å². The molecule has 0 aliphatic carbocycles. The predicted molar refractivity (Wildman–Crippen MR) is 67.9 cm³/mol. The summed E-state index contributed by atoms with van der Waals surface area (Å²) in [7, 11) is 0. The molecule has 0 aromatic heterocycles. The summed E-state index contributed by atoms with van der Waals surface area (Å²) in [5.74, 6) is -0.246. The molecule has 1 rings (SSSR count). The van der Waals surface area contributed by atoms with E-state index in [1.54, 1.807) is 0 Å². The lowest BCUT2D eigenvalue weighted by molar-refractivity contribution is -0.121. The predicted octanol–water partition coefficient (Wildman–Crippen LogP) is -0.473. The molecule has 4 N–H and O–H groups in total. The van der Waals surface area contributed by atoms with Crippen LogP contribution in [0.15, 0.2) is 0 Å². The van der Waals surface area contributed by atoms with Crippen LogP contribution in [0, 0.1) is 0 Å². The van der Waals surface area contributed by atoms with Gasteiger partial charge in [0.1, 0.15) is 0 Å². The van der Waals surface area contributed by atoms with Crippen LogP contribution in [0.3, 0.4) is 0 Å². The van der Waals surface area contributed by atoms with Crippen molar-refractivity contribution in [3.05, 3.63) is 0 Å². The summed E-state index contributed by atoms with van der Waals surface area (Å²) < 4.78 is 5.22. The second kappa shape index (κ2) is 8.88. The lowest BCUT2D eigenvalue weighted by atomic mass is 10.1. The highest BCUT2D eigenvalue weighted by atomic mass is 16.5. The molecule has 0 aromatic carbocycles. The van der Waals surface area contributed by atoms with Crippen LogP contribution >= 0.6 is 0 Å². The maximum Gasteiger partial charge on any atom is 0.234 e. The molecule has 1 aliphatic heterocycles. The maximum atomic E-state index is 11.6. The Bertz CT molecular complexity index is 265. The van der Waals surface area contributed by atoms with Crippen molar-refractivity contribution in [3.63, 3.8) is 0 Å². The number of primary amides is 1. The van der Waals surface area contributed by atoms with Gasteiger partial charge in [-0.2, -0.15) is 0 Å². The third-order valence-electron chi connectivity index (χ3n) is 2.90. The van der Waals surface area contributed by atoms with Crippen molar-refractivity contribution in [1.82, 2.24) is 10.6 Å². The van der Waals surface area contributed by atoms with Gasteiger partial charge in [-0.1, -0.05) is 0 Å². The van der Waals surface area contributed by atoms with Crippen LogP contribution in [-0.2, 0) is 14.3 Å². The zero-order valence-corrected chi connectivity index (χ0v) is 10.7. The topological polar surface area (TPSA) is 93.5 Å². The van der Waals surface area contributed by atoms with Gasteiger partial charge in [0.2, 0.25) is 11.8 Å². The van der Waals surface area contributed by atoms with Gasteiger partial charge >= 0.3 is 0 Å². The molecule has 0 atom stereocenters. The first kappa shape index (κ1) is 14.9. The van der Waals surface area contributed by atoms with E-state index < -0.39 is 0 Å². The summed E-state index contributed by atoms with van der Waals surface area (Å²) in [5, 5.41) is 6.03. The molecular formula is C12H23N3O3. The molecule has 18 heavy (non-hydrogen) atoms. The molecule has 2 amide bonds. The van der Waals surface area contributed by atoms with Gasteiger partial charge < -0.3 is 21.1 Å². The molecule has 0 unspecified atom stereocenters. The number of unbranched alkanes of at least 4 members (excludes halogenated alkanes) is 1.